The van der Waals surface area contributed by atoms with Crippen molar-refractivity contribution in [3.05, 3.63) is 0 Å². The molecule has 2 fully saturated rings. The summed E-state index contributed by atoms with van der Waals surface area (Å²) in [5.41, 5.74) is -0.309. The molecule has 1 heterocycles. The third-order valence-electron chi connectivity index (χ3n) is 5.28. The molecule has 1 aliphatic carbocycles. The topological polar surface area (TPSA) is 66.8 Å². The van der Waals surface area contributed by atoms with Crippen LogP contribution < -0.4 is 0 Å². The predicted octanol–water partition coefficient (Wildman–Crippen LogP) is 2.29. The van der Waals surface area contributed by atoms with Gasteiger partial charge in [-0.15, -0.1) is 0 Å². The van der Waals surface area contributed by atoms with Gasteiger partial charge < -0.3 is 14.7 Å². The Morgan fingerprint density at radius 1 is 1.33 bits per heavy atom. The number of amides is 1. The minimum atomic E-state index is -0.785. The number of carboxylic acid groups (broad SMARTS) is 1. The molecular weight excluding hydrogens is 270 g/mol. The average molecular weight is 297 g/mol. The molecule has 2 aliphatic rings. The van der Waals surface area contributed by atoms with Crippen LogP contribution in [0.3, 0.4) is 0 Å². The lowest BCUT2D eigenvalue weighted by molar-refractivity contribution is -0.146. The Labute approximate surface area is 126 Å². The van der Waals surface area contributed by atoms with Crippen molar-refractivity contribution in [3.63, 3.8) is 0 Å². The van der Waals surface area contributed by atoms with E-state index in [1.807, 2.05) is 18.7 Å². The van der Waals surface area contributed by atoms with E-state index in [1.54, 1.807) is 0 Å². The van der Waals surface area contributed by atoms with Crippen LogP contribution in [0.25, 0.3) is 0 Å². The molecule has 0 spiro atoms. The van der Waals surface area contributed by atoms with Crippen LogP contribution in [-0.4, -0.2) is 47.7 Å². The first-order valence-electron chi connectivity index (χ1n) is 8.13. The quantitative estimate of drug-likeness (QED) is 0.764. The Kier molecular flexibility index (Phi) is 5.25. The SMILES string of the molecule is CCOCCC1(C(=O)N2CCC(C(=O)O)C2C)CCCC1. The predicted molar refractivity (Wildman–Crippen MR) is 78.9 cm³/mol. The molecule has 2 unspecified atom stereocenters. The average Bonchev–Trinajstić information content (AvgIpc) is 3.06. The highest BCUT2D eigenvalue weighted by Crippen LogP contribution is 2.44. The summed E-state index contributed by atoms with van der Waals surface area (Å²) in [4.78, 5) is 26.1. The third kappa shape index (κ3) is 3.23. The van der Waals surface area contributed by atoms with Crippen LogP contribution in [0.2, 0.25) is 0 Å². The van der Waals surface area contributed by atoms with E-state index < -0.39 is 11.9 Å². The fraction of sp³-hybridized carbons (Fsp3) is 0.875. The summed E-state index contributed by atoms with van der Waals surface area (Å²) >= 11 is 0. The molecule has 5 heteroatoms. The highest BCUT2D eigenvalue weighted by Gasteiger charge is 2.47. The number of hydrogen-bond acceptors (Lipinski definition) is 3. The zero-order chi connectivity index (χ0) is 15.5. The Hall–Kier alpha value is -1.10. The molecule has 0 aromatic carbocycles. The van der Waals surface area contributed by atoms with E-state index in [0.29, 0.717) is 26.2 Å². The van der Waals surface area contributed by atoms with Crippen molar-refractivity contribution in [2.75, 3.05) is 19.8 Å². The summed E-state index contributed by atoms with van der Waals surface area (Å²) in [6, 6.07) is -0.195. The molecular formula is C16H27NO4. The summed E-state index contributed by atoms with van der Waals surface area (Å²) in [5.74, 6) is -1.04. The van der Waals surface area contributed by atoms with Crippen molar-refractivity contribution in [2.24, 2.45) is 11.3 Å². The summed E-state index contributed by atoms with van der Waals surface area (Å²) in [5, 5.41) is 9.23. The van der Waals surface area contributed by atoms with Gasteiger partial charge in [0, 0.05) is 25.8 Å². The lowest BCUT2D eigenvalue weighted by Crippen LogP contribution is -2.46. The second-order valence-electron chi connectivity index (χ2n) is 6.41. The zero-order valence-electron chi connectivity index (χ0n) is 13.1. The molecule has 5 nitrogen and oxygen atoms in total. The second kappa shape index (κ2) is 6.77. The van der Waals surface area contributed by atoms with Crippen molar-refractivity contribution in [1.29, 1.82) is 0 Å². The van der Waals surface area contributed by atoms with Crippen LogP contribution in [0, 0.1) is 11.3 Å². The molecule has 1 N–H and O–H groups in total. The molecule has 0 bridgehead atoms. The molecule has 1 saturated carbocycles. The molecule has 0 radical (unpaired) electrons. The van der Waals surface area contributed by atoms with E-state index in [0.717, 1.165) is 32.1 Å². The lowest BCUT2D eigenvalue weighted by atomic mass is 9.81. The molecule has 0 aromatic heterocycles. The second-order valence-corrected chi connectivity index (χ2v) is 6.41. The van der Waals surface area contributed by atoms with Gasteiger partial charge in [0.2, 0.25) is 5.91 Å². The van der Waals surface area contributed by atoms with Crippen molar-refractivity contribution in [3.8, 4) is 0 Å². The first kappa shape index (κ1) is 16.3. The number of nitrogens with zero attached hydrogens (tertiary/aromatic N) is 1. The normalized spacial score (nSPS) is 28.0. The number of carbonyl (C=O) groups excluding carboxylic acids is 1. The van der Waals surface area contributed by atoms with Gasteiger partial charge in [0.25, 0.3) is 0 Å². The van der Waals surface area contributed by atoms with E-state index in [4.69, 9.17) is 4.74 Å². The van der Waals surface area contributed by atoms with Gasteiger partial charge in [-0.25, -0.2) is 0 Å². The van der Waals surface area contributed by atoms with Gasteiger partial charge in [0.1, 0.15) is 0 Å². The van der Waals surface area contributed by atoms with Gasteiger partial charge >= 0.3 is 5.97 Å². The van der Waals surface area contributed by atoms with Gasteiger partial charge in [-0.2, -0.15) is 0 Å². The molecule has 120 valence electrons. The minimum Gasteiger partial charge on any atom is -0.481 e. The Bertz CT molecular complexity index is 390. The van der Waals surface area contributed by atoms with Crippen LogP contribution in [0.5, 0.6) is 0 Å². The van der Waals surface area contributed by atoms with Gasteiger partial charge in [-0.1, -0.05) is 12.8 Å². The summed E-state index contributed by atoms with van der Waals surface area (Å²) in [7, 11) is 0. The number of rotatable bonds is 6. The summed E-state index contributed by atoms with van der Waals surface area (Å²) in [6.07, 6.45) is 5.34. The number of ether oxygens (including phenoxy) is 1. The summed E-state index contributed by atoms with van der Waals surface area (Å²) in [6.45, 7) is 5.70. The fourth-order valence-electron chi connectivity index (χ4n) is 3.90. The monoisotopic (exact) mass is 297 g/mol. The van der Waals surface area contributed by atoms with E-state index in [2.05, 4.69) is 0 Å². The van der Waals surface area contributed by atoms with Gasteiger partial charge in [-0.05, 0) is 39.5 Å². The van der Waals surface area contributed by atoms with Gasteiger partial charge in [0.05, 0.1) is 11.3 Å². The zero-order valence-corrected chi connectivity index (χ0v) is 13.1. The molecule has 1 saturated heterocycles. The highest BCUT2D eigenvalue weighted by molar-refractivity contribution is 5.85. The third-order valence-corrected chi connectivity index (χ3v) is 5.28. The Morgan fingerprint density at radius 3 is 2.52 bits per heavy atom. The van der Waals surface area contributed by atoms with Gasteiger partial charge in [-0.3, -0.25) is 9.59 Å². The summed E-state index contributed by atoms with van der Waals surface area (Å²) < 4.78 is 5.45. The fourth-order valence-corrected chi connectivity index (χ4v) is 3.90. The van der Waals surface area contributed by atoms with Crippen molar-refractivity contribution >= 4 is 11.9 Å². The van der Waals surface area contributed by atoms with E-state index in [-0.39, 0.29) is 17.4 Å². The molecule has 1 aliphatic heterocycles. The minimum absolute atomic E-state index is 0.163. The van der Waals surface area contributed by atoms with Crippen LogP contribution >= 0.6 is 0 Å². The number of aliphatic carboxylic acids is 1. The van der Waals surface area contributed by atoms with Crippen molar-refractivity contribution < 1.29 is 19.4 Å². The smallest absolute Gasteiger partial charge is 0.308 e. The van der Waals surface area contributed by atoms with Crippen LogP contribution in [0.4, 0.5) is 0 Å². The van der Waals surface area contributed by atoms with Crippen LogP contribution in [0.1, 0.15) is 52.4 Å². The van der Waals surface area contributed by atoms with Crippen molar-refractivity contribution in [1.82, 2.24) is 4.90 Å². The van der Waals surface area contributed by atoms with Gasteiger partial charge in [0.15, 0.2) is 0 Å². The van der Waals surface area contributed by atoms with Crippen molar-refractivity contribution in [2.45, 2.75) is 58.4 Å². The Morgan fingerprint density at radius 2 is 2.00 bits per heavy atom. The molecule has 2 rings (SSSR count). The maximum absolute atomic E-state index is 13.0. The maximum Gasteiger partial charge on any atom is 0.308 e. The van der Waals surface area contributed by atoms with E-state index in [1.165, 1.54) is 0 Å². The van der Waals surface area contributed by atoms with Crippen LogP contribution in [0.15, 0.2) is 0 Å². The first-order chi connectivity index (χ1) is 10.0. The molecule has 21 heavy (non-hydrogen) atoms. The lowest BCUT2D eigenvalue weighted by Gasteiger charge is -2.35. The largest absolute Gasteiger partial charge is 0.481 e. The van der Waals surface area contributed by atoms with Crippen LogP contribution in [-0.2, 0) is 14.3 Å². The number of carbonyl (C=O) groups is 2. The highest BCUT2D eigenvalue weighted by atomic mass is 16.5. The number of carboxylic acids is 1. The first-order valence-corrected chi connectivity index (χ1v) is 8.13. The Balaban J connectivity index is 2.07. The maximum atomic E-state index is 13.0. The standard InChI is InChI=1S/C16H27NO4/c1-3-21-11-9-16(7-4-5-8-16)15(20)17-10-6-13(12(17)2)14(18)19/h12-13H,3-11H2,1-2H3,(H,18,19). The molecule has 0 aromatic rings. The molecule has 1 amide bonds. The van der Waals surface area contributed by atoms with E-state index in [9.17, 15) is 14.7 Å². The number of likely N-dealkylation sites (tertiary alicyclic amines) is 1. The molecule has 2 atom stereocenters. The number of hydrogen-bond donors (Lipinski definition) is 1. The van der Waals surface area contributed by atoms with E-state index >= 15 is 0 Å².